The molecule has 14 heteroatoms. The van der Waals surface area contributed by atoms with Crippen molar-refractivity contribution in [1.82, 2.24) is 15.5 Å². The van der Waals surface area contributed by atoms with Gasteiger partial charge in [-0.2, -0.15) is 0 Å². The normalized spacial score (nSPS) is 22.4. The topological polar surface area (TPSA) is 171 Å². The Morgan fingerprint density at radius 3 is 2.47 bits per heavy atom. The van der Waals surface area contributed by atoms with E-state index in [1.807, 2.05) is 0 Å². The lowest BCUT2D eigenvalue weighted by Crippen LogP contribution is -2.71. The van der Waals surface area contributed by atoms with Gasteiger partial charge in [0.15, 0.2) is 0 Å². The van der Waals surface area contributed by atoms with E-state index in [1.165, 1.54) is 42.1 Å². The molecule has 0 spiro atoms. The van der Waals surface area contributed by atoms with E-state index in [9.17, 15) is 32.7 Å². The Kier molecular flexibility index (Phi) is 7.60. The van der Waals surface area contributed by atoms with Gasteiger partial charge in [0, 0.05) is 10.9 Å². The number of hydrogen-bond donors (Lipinski definition) is 4. The smallest absolute Gasteiger partial charge is 0.408 e. The second-order valence-corrected chi connectivity index (χ2v) is 12.6. The number of thioether (sulfide) groups is 1. The number of alkyl carbamates (subject to hydrolysis) is 1. The van der Waals surface area contributed by atoms with Crippen molar-refractivity contribution in [1.29, 1.82) is 0 Å². The predicted octanol–water partition coefficient (Wildman–Crippen LogP) is 1.38. The minimum absolute atomic E-state index is 0.148. The predicted molar refractivity (Wildman–Crippen MR) is 132 cm³/mol. The first-order chi connectivity index (χ1) is 16.6. The van der Waals surface area contributed by atoms with Crippen LogP contribution in [-0.2, 0) is 29.1 Å². The summed E-state index contributed by atoms with van der Waals surface area (Å²) in [5.41, 5.74) is -0.613. The molecule has 12 nitrogen and oxygen atoms in total. The number of ether oxygens (including phenoxy) is 1. The lowest BCUT2D eigenvalue weighted by molar-refractivity contribution is -0.150. The zero-order chi connectivity index (χ0) is 27.0. The van der Waals surface area contributed by atoms with Gasteiger partial charge < -0.3 is 20.5 Å². The number of carbonyl (C=O) groups is 4. The number of anilines is 1. The Bertz CT molecular complexity index is 1220. The number of carboxylic acid groups (broad SMARTS) is 1. The van der Waals surface area contributed by atoms with Crippen molar-refractivity contribution in [3.05, 3.63) is 41.6 Å². The third kappa shape index (κ3) is 6.49. The number of sulfonamides is 1. The summed E-state index contributed by atoms with van der Waals surface area (Å²) in [6.45, 7) is 6.72. The molecule has 3 amide bonds. The molecule has 4 N–H and O–H groups in total. The molecular formula is C22H28N4O8S2. The van der Waals surface area contributed by atoms with Gasteiger partial charge in [-0.25, -0.2) is 18.0 Å². The van der Waals surface area contributed by atoms with Crippen LogP contribution in [0.1, 0.15) is 39.3 Å². The zero-order valence-electron chi connectivity index (χ0n) is 20.3. The number of nitrogens with zero attached hydrogens (tertiary/aromatic N) is 1. The molecule has 2 aliphatic heterocycles. The van der Waals surface area contributed by atoms with Crippen LogP contribution in [-0.4, -0.2) is 70.8 Å². The summed E-state index contributed by atoms with van der Waals surface area (Å²) in [5, 5.41) is 13.7. The van der Waals surface area contributed by atoms with Crippen molar-refractivity contribution in [3.63, 3.8) is 0 Å². The molecule has 4 atom stereocenters. The Labute approximate surface area is 212 Å². The molecule has 0 saturated carbocycles. The fraction of sp³-hybridized carbons (Fsp3) is 0.455. The molecule has 2 aliphatic rings. The van der Waals surface area contributed by atoms with Gasteiger partial charge in [0.05, 0.1) is 6.26 Å². The molecule has 2 heterocycles. The summed E-state index contributed by atoms with van der Waals surface area (Å²) in [4.78, 5) is 51.2. The largest absolute Gasteiger partial charge is 0.477 e. The van der Waals surface area contributed by atoms with E-state index >= 15 is 0 Å². The van der Waals surface area contributed by atoms with Crippen LogP contribution < -0.4 is 15.4 Å². The average molecular weight is 541 g/mol. The summed E-state index contributed by atoms with van der Waals surface area (Å²) >= 11 is 1.31. The van der Waals surface area contributed by atoms with E-state index in [0.717, 1.165) is 11.2 Å². The first kappa shape index (κ1) is 27.3. The number of nitrogens with one attached hydrogen (secondary N) is 3. The van der Waals surface area contributed by atoms with Gasteiger partial charge in [-0.1, -0.05) is 12.1 Å². The number of carbonyl (C=O) groups excluding carboxylic acids is 3. The Morgan fingerprint density at radius 2 is 1.89 bits per heavy atom. The number of carboxylic acids is 1. The van der Waals surface area contributed by atoms with Crippen molar-refractivity contribution in [2.24, 2.45) is 0 Å². The van der Waals surface area contributed by atoms with Crippen molar-refractivity contribution in [2.75, 3.05) is 11.0 Å². The highest BCUT2D eigenvalue weighted by atomic mass is 32.2. The Balaban J connectivity index is 1.86. The number of β-lactam (4-membered cyclic amide) rings is 1. The molecule has 0 aromatic heterocycles. The molecular weight excluding hydrogens is 512 g/mol. The third-order valence-electron chi connectivity index (χ3n) is 5.01. The fourth-order valence-corrected chi connectivity index (χ4v) is 5.57. The van der Waals surface area contributed by atoms with E-state index in [2.05, 4.69) is 15.4 Å². The summed E-state index contributed by atoms with van der Waals surface area (Å²) in [6.07, 6.45) is 1.54. The third-order valence-corrected chi connectivity index (χ3v) is 6.95. The van der Waals surface area contributed by atoms with Crippen LogP contribution >= 0.6 is 11.8 Å². The lowest BCUT2D eigenvalue weighted by Gasteiger charge is -2.49. The van der Waals surface area contributed by atoms with Crippen molar-refractivity contribution in [3.8, 4) is 0 Å². The number of amides is 3. The maximum Gasteiger partial charge on any atom is 0.408 e. The van der Waals surface area contributed by atoms with Crippen LogP contribution in [0.5, 0.6) is 0 Å². The van der Waals surface area contributed by atoms with Crippen LogP contribution in [0.2, 0.25) is 0 Å². The highest BCUT2D eigenvalue weighted by Gasteiger charge is 2.54. The molecule has 3 rings (SSSR count). The standard InChI is InChI=1S/C22H28N4O8S2/c1-11-9-14(20(29)30)26-18(28)16(19(26)35-11)23-17(27)15(24-21(31)34-22(2,3)4)12-7-6-8-13(10-12)25-36(5,32)33/h6-11,15-16,19,25H,1-5H3,(H,23,27)(H,24,31)(H,29,30)/t11?,15?,16?,19-/m0/s1. The van der Waals surface area contributed by atoms with Crippen LogP contribution in [0.4, 0.5) is 10.5 Å². The van der Waals surface area contributed by atoms with Gasteiger partial charge in [0.2, 0.25) is 15.9 Å². The van der Waals surface area contributed by atoms with E-state index in [1.54, 1.807) is 27.7 Å². The van der Waals surface area contributed by atoms with Crippen LogP contribution in [0.3, 0.4) is 0 Å². The van der Waals surface area contributed by atoms with Gasteiger partial charge in [0.25, 0.3) is 5.91 Å². The SMILES string of the molecule is CC1C=C(C(=O)O)N2C(=O)C(NC(=O)C(NC(=O)OC(C)(C)C)c3cccc(NS(C)(=O)=O)c3)[C@@H]2S1. The summed E-state index contributed by atoms with van der Waals surface area (Å²) < 4.78 is 30.9. The molecule has 1 saturated heterocycles. The van der Waals surface area contributed by atoms with Crippen molar-refractivity contribution >= 4 is 51.3 Å². The average Bonchev–Trinajstić information content (AvgIpc) is 2.72. The minimum Gasteiger partial charge on any atom is -0.477 e. The number of hydrogen-bond acceptors (Lipinski definition) is 8. The molecule has 0 radical (unpaired) electrons. The van der Waals surface area contributed by atoms with Gasteiger partial charge >= 0.3 is 12.1 Å². The van der Waals surface area contributed by atoms with Gasteiger partial charge in [-0.3, -0.25) is 19.2 Å². The Morgan fingerprint density at radius 1 is 1.22 bits per heavy atom. The van der Waals surface area contributed by atoms with Crippen LogP contribution in [0.25, 0.3) is 0 Å². The summed E-state index contributed by atoms with van der Waals surface area (Å²) in [5.74, 6) is -2.59. The fourth-order valence-electron chi connectivity index (χ4n) is 3.69. The molecule has 36 heavy (non-hydrogen) atoms. The zero-order valence-corrected chi connectivity index (χ0v) is 21.9. The highest BCUT2D eigenvalue weighted by Crippen LogP contribution is 2.41. The van der Waals surface area contributed by atoms with E-state index in [4.69, 9.17) is 4.74 Å². The minimum atomic E-state index is -3.61. The highest BCUT2D eigenvalue weighted by molar-refractivity contribution is 8.00. The summed E-state index contributed by atoms with van der Waals surface area (Å²) in [6, 6.07) is 3.49. The quantitative estimate of drug-likeness (QED) is 0.373. The van der Waals surface area contributed by atoms with Gasteiger partial charge in [0.1, 0.15) is 28.8 Å². The number of fused-ring (bicyclic) bond motifs is 1. The number of aliphatic carboxylic acids is 1. The molecule has 1 aromatic carbocycles. The van der Waals surface area contributed by atoms with E-state index in [0.29, 0.717) is 0 Å². The lowest BCUT2D eigenvalue weighted by atomic mass is 10.0. The maximum atomic E-state index is 13.3. The molecule has 0 bridgehead atoms. The van der Waals surface area contributed by atoms with Gasteiger partial charge in [-0.15, -0.1) is 11.8 Å². The molecule has 1 aromatic rings. The second kappa shape index (κ2) is 10.0. The van der Waals surface area contributed by atoms with Crippen molar-refractivity contribution in [2.45, 2.75) is 56.0 Å². The van der Waals surface area contributed by atoms with Crippen LogP contribution in [0.15, 0.2) is 36.0 Å². The molecule has 0 aliphatic carbocycles. The molecule has 1 fully saturated rings. The van der Waals surface area contributed by atoms with E-state index in [-0.39, 0.29) is 22.2 Å². The molecule has 3 unspecified atom stereocenters. The summed E-state index contributed by atoms with van der Waals surface area (Å²) in [7, 11) is -3.61. The monoisotopic (exact) mass is 540 g/mol. The first-order valence-corrected chi connectivity index (χ1v) is 13.7. The maximum absolute atomic E-state index is 13.3. The number of rotatable bonds is 7. The number of benzene rings is 1. The second-order valence-electron chi connectivity index (χ2n) is 9.36. The van der Waals surface area contributed by atoms with Crippen molar-refractivity contribution < 1.29 is 37.4 Å². The van der Waals surface area contributed by atoms with E-state index < -0.39 is 57.0 Å². The van der Waals surface area contributed by atoms with Crippen LogP contribution in [0, 0.1) is 0 Å². The van der Waals surface area contributed by atoms with Gasteiger partial charge in [-0.05, 0) is 51.5 Å². The molecule has 196 valence electrons. The Hall–Kier alpha value is -3.26. The first-order valence-electron chi connectivity index (χ1n) is 10.9.